The van der Waals surface area contributed by atoms with Gasteiger partial charge in [-0.1, -0.05) is 44.2 Å². The molecule has 7 heteroatoms. The molecule has 1 unspecified atom stereocenters. The molecule has 0 saturated carbocycles. The van der Waals surface area contributed by atoms with E-state index in [2.05, 4.69) is 0 Å². The second kappa shape index (κ2) is 7.32. The van der Waals surface area contributed by atoms with Gasteiger partial charge in [0.15, 0.2) is 5.78 Å². The van der Waals surface area contributed by atoms with E-state index in [0.29, 0.717) is 0 Å². The Kier molecular flexibility index (Phi) is 5.03. The molecule has 0 N–H and O–H groups in total. The summed E-state index contributed by atoms with van der Waals surface area (Å²) in [5.41, 5.74) is -1.11. The Labute approximate surface area is 177 Å². The minimum Gasteiger partial charge on any atom is -0.294 e. The van der Waals surface area contributed by atoms with Crippen molar-refractivity contribution in [3.8, 4) is 0 Å². The summed E-state index contributed by atoms with van der Waals surface area (Å²) in [6.45, 7) is 3.67. The van der Waals surface area contributed by atoms with Crippen molar-refractivity contribution >= 4 is 17.4 Å². The Morgan fingerprint density at radius 2 is 1.61 bits per heavy atom. The SMILES string of the molecule is CC1(C)CC(=O)C2=C(C1)N(c1ccccc1C(F)(F)F)C(=O)CC2c1ccccc1F. The number of alkyl halides is 3. The summed E-state index contributed by atoms with van der Waals surface area (Å²) in [6, 6.07) is 10.7. The average molecular weight is 431 g/mol. The Bertz CT molecular complexity index is 1100. The van der Waals surface area contributed by atoms with E-state index in [4.69, 9.17) is 0 Å². The molecule has 1 heterocycles. The third kappa shape index (κ3) is 3.77. The number of anilines is 1. The molecule has 2 aromatic carbocycles. The highest BCUT2D eigenvalue weighted by atomic mass is 19.4. The third-order valence-electron chi connectivity index (χ3n) is 5.87. The lowest BCUT2D eigenvalue weighted by Gasteiger charge is -2.43. The van der Waals surface area contributed by atoms with Crippen LogP contribution in [0.1, 0.15) is 50.2 Å². The summed E-state index contributed by atoms with van der Waals surface area (Å²) in [7, 11) is 0. The first-order chi connectivity index (χ1) is 14.5. The van der Waals surface area contributed by atoms with E-state index < -0.39 is 34.8 Å². The molecular formula is C24H21F4NO2. The molecule has 0 fully saturated rings. The van der Waals surface area contributed by atoms with Gasteiger partial charge in [-0.05, 0) is 35.6 Å². The van der Waals surface area contributed by atoms with Gasteiger partial charge in [-0.3, -0.25) is 14.5 Å². The molecule has 1 aliphatic heterocycles. The van der Waals surface area contributed by atoms with Crippen LogP contribution in [-0.2, 0) is 15.8 Å². The number of carbonyl (C=O) groups excluding carboxylic acids is 2. The molecule has 0 spiro atoms. The molecule has 4 rings (SSSR count). The number of benzene rings is 2. The van der Waals surface area contributed by atoms with Crippen molar-refractivity contribution in [1.29, 1.82) is 0 Å². The van der Waals surface area contributed by atoms with Gasteiger partial charge < -0.3 is 0 Å². The van der Waals surface area contributed by atoms with Crippen molar-refractivity contribution in [2.45, 2.75) is 45.2 Å². The summed E-state index contributed by atoms with van der Waals surface area (Å²) in [5, 5.41) is 0. The first kappa shape index (κ1) is 21.3. The lowest BCUT2D eigenvalue weighted by atomic mass is 9.69. The van der Waals surface area contributed by atoms with Crippen LogP contribution < -0.4 is 4.90 Å². The summed E-state index contributed by atoms with van der Waals surface area (Å²) in [6.07, 6.45) is -4.54. The lowest BCUT2D eigenvalue weighted by molar-refractivity contribution is -0.137. The predicted molar refractivity (Wildman–Crippen MR) is 108 cm³/mol. The fourth-order valence-corrected chi connectivity index (χ4v) is 4.63. The number of ketones is 1. The largest absolute Gasteiger partial charge is 0.418 e. The van der Waals surface area contributed by atoms with Crippen molar-refractivity contribution in [3.05, 3.63) is 76.7 Å². The summed E-state index contributed by atoms with van der Waals surface area (Å²) >= 11 is 0. The van der Waals surface area contributed by atoms with Gasteiger partial charge in [-0.25, -0.2) is 4.39 Å². The fourth-order valence-electron chi connectivity index (χ4n) is 4.63. The Morgan fingerprint density at radius 3 is 2.29 bits per heavy atom. The minimum atomic E-state index is -4.67. The molecule has 2 aliphatic rings. The van der Waals surface area contributed by atoms with Crippen LogP contribution in [0.2, 0.25) is 0 Å². The molecule has 0 aromatic heterocycles. The van der Waals surface area contributed by atoms with Crippen LogP contribution >= 0.6 is 0 Å². The van der Waals surface area contributed by atoms with Crippen LogP contribution in [0.25, 0.3) is 0 Å². The fraction of sp³-hybridized carbons (Fsp3) is 0.333. The van der Waals surface area contributed by atoms with E-state index in [1.165, 1.54) is 36.4 Å². The lowest BCUT2D eigenvalue weighted by Crippen LogP contribution is -2.44. The van der Waals surface area contributed by atoms with Gasteiger partial charge in [0.05, 0.1) is 11.3 Å². The first-order valence-electron chi connectivity index (χ1n) is 9.99. The van der Waals surface area contributed by atoms with Crippen LogP contribution in [0.3, 0.4) is 0 Å². The normalized spacial score (nSPS) is 21.4. The predicted octanol–water partition coefficient (Wildman–Crippen LogP) is 6.01. The minimum absolute atomic E-state index is 0.180. The molecule has 1 amide bonds. The van der Waals surface area contributed by atoms with E-state index >= 15 is 0 Å². The molecule has 0 radical (unpaired) electrons. The zero-order valence-electron chi connectivity index (χ0n) is 17.1. The number of halogens is 4. The molecule has 3 nitrogen and oxygen atoms in total. The molecule has 162 valence electrons. The third-order valence-corrected chi connectivity index (χ3v) is 5.87. The molecule has 0 bridgehead atoms. The number of Topliss-reactive ketones (excluding diaryl/α,β-unsaturated/α-hetero) is 1. The van der Waals surface area contributed by atoms with Crippen LogP contribution in [0.4, 0.5) is 23.2 Å². The number of carbonyl (C=O) groups is 2. The maximum atomic E-state index is 14.6. The standard InChI is InChI=1S/C24H21F4NO2/c1-23(2)12-19-22(20(30)13-23)15(14-7-3-5-9-17(14)25)11-21(31)29(19)18-10-6-4-8-16(18)24(26,27)28/h3-10,15H,11-13H2,1-2H3. The molecule has 1 aliphatic carbocycles. The second-order valence-electron chi connectivity index (χ2n) is 8.82. The highest BCUT2D eigenvalue weighted by molar-refractivity contribution is 6.08. The van der Waals surface area contributed by atoms with Crippen molar-refractivity contribution in [1.82, 2.24) is 0 Å². The smallest absolute Gasteiger partial charge is 0.294 e. The second-order valence-corrected chi connectivity index (χ2v) is 8.82. The summed E-state index contributed by atoms with van der Waals surface area (Å²) in [4.78, 5) is 27.4. The van der Waals surface area contributed by atoms with Crippen molar-refractivity contribution in [2.24, 2.45) is 5.41 Å². The van der Waals surface area contributed by atoms with Crippen molar-refractivity contribution in [3.63, 3.8) is 0 Å². The monoisotopic (exact) mass is 431 g/mol. The first-order valence-corrected chi connectivity index (χ1v) is 9.99. The maximum Gasteiger partial charge on any atom is 0.418 e. The van der Waals surface area contributed by atoms with E-state index in [1.807, 2.05) is 13.8 Å². The number of allylic oxidation sites excluding steroid dienone is 2. The molecule has 31 heavy (non-hydrogen) atoms. The van der Waals surface area contributed by atoms with Gasteiger partial charge in [0, 0.05) is 30.0 Å². The zero-order chi connectivity index (χ0) is 22.6. The molecule has 0 saturated heterocycles. The van der Waals surface area contributed by atoms with Crippen molar-refractivity contribution < 1.29 is 27.2 Å². The van der Waals surface area contributed by atoms with Gasteiger partial charge in [0.25, 0.3) is 0 Å². The molecular weight excluding hydrogens is 410 g/mol. The average Bonchev–Trinajstić information content (AvgIpc) is 2.66. The van der Waals surface area contributed by atoms with Gasteiger partial charge in [0.1, 0.15) is 5.82 Å². The Morgan fingerprint density at radius 1 is 0.968 bits per heavy atom. The number of para-hydroxylation sites is 1. The highest BCUT2D eigenvalue weighted by Gasteiger charge is 2.46. The summed E-state index contributed by atoms with van der Waals surface area (Å²) in [5.74, 6) is -2.22. The van der Waals surface area contributed by atoms with Gasteiger partial charge >= 0.3 is 6.18 Å². The molecule has 1 atom stereocenters. The zero-order valence-corrected chi connectivity index (χ0v) is 17.1. The van der Waals surface area contributed by atoms with Gasteiger partial charge in [-0.2, -0.15) is 13.2 Å². The number of rotatable bonds is 2. The Balaban J connectivity index is 1.96. The van der Waals surface area contributed by atoms with E-state index in [0.717, 1.165) is 11.0 Å². The quantitative estimate of drug-likeness (QED) is 0.547. The maximum absolute atomic E-state index is 14.6. The van der Waals surface area contributed by atoms with Crippen LogP contribution in [0.5, 0.6) is 0 Å². The van der Waals surface area contributed by atoms with Gasteiger partial charge in [0.2, 0.25) is 5.91 Å². The van der Waals surface area contributed by atoms with Crippen LogP contribution in [0.15, 0.2) is 59.8 Å². The number of nitrogens with zero attached hydrogens (tertiary/aromatic N) is 1. The highest BCUT2D eigenvalue weighted by Crippen LogP contribution is 2.50. The van der Waals surface area contributed by atoms with Gasteiger partial charge in [-0.15, -0.1) is 0 Å². The number of hydrogen-bond acceptors (Lipinski definition) is 2. The van der Waals surface area contributed by atoms with E-state index in [9.17, 15) is 27.2 Å². The number of amides is 1. The Hall–Kier alpha value is -2.96. The number of hydrogen-bond donors (Lipinski definition) is 0. The summed E-state index contributed by atoms with van der Waals surface area (Å²) < 4.78 is 55.7. The van der Waals surface area contributed by atoms with E-state index in [-0.39, 0.29) is 47.6 Å². The van der Waals surface area contributed by atoms with Crippen LogP contribution in [-0.4, -0.2) is 11.7 Å². The van der Waals surface area contributed by atoms with E-state index in [1.54, 1.807) is 6.07 Å². The topological polar surface area (TPSA) is 37.4 Å². The molecule has 2 aromatic rings. The van der Waals surface area contributed by atoms with Crippen LogP contribution in [0, 0.1) is 11.2 Å². The van der Waals surface area contributed by atoms with Crippen molar-refractivity contribution in [2.75, 3.05) is 4.90 Å².